The summed E-state index contributed by atoms with van der Waals surface area (Å²) in [5.41, 5.74) is 3.48. The quantitative estimate of drug-likeness (QED) is 0.0401. The molecule has 2 amide bonds. The molecule has 8 aliphatic rings. The Hall–Kier alpha value is -3.96. The van der Waals surface area contributed by atoms with Gasteiger partial charge in [0, 0.05) is 83.8 Å². The third-order valence-electron chi connectivity index (χ3n) is 29.0. The summed E-state index contributed by atoms with van der Waals surface area (Å²) < 4.78 is 107. The van der Waals surface area contributed by atoms with E-state index in [1.54, 1.807) is 46.2 Å². The van der Waals surface area contributed by atoms with Crippen LogP contribution in [0.2, 0.25) is 0 Å². The van der Waals surface area contributed by atoms with Gasteiger partial charge in [0.05, 0.1) is 48.9 Å². The van der Waals surface area contributed by atoms with Gasteiger partial charge >= 0.3 is 42.3 Å². The van der Waals surface area contributed by atoms with Crippen LogP contribution in [0.4, 0.5) is 0 Å². The van der Waals surface area contributed by atoms with Crippen LogP contribution in [0.15, 0.2) is 36.4 Å². The molecule has 0 aromatic heterocycles. The zero-order valence-corrected chi connectivity index (χ0v) is 70.0. The molecule has 0 aliphatic heterocycles. The van der Waals surface area contributed by atoms with E-state index < -0.39 is 42.3 Å². The molecule has 106 heavy (non-hydrogen) atoms. The van der Waals surface area contributed by atoms with Crippen LogP contribution in [0.1, 0.15) is 226 Å². The third kappa shape index (κ3) is 18.4. The molecule has 18 atom stereocenters. The molecule has 2 aromatic carbocycles. The van der Waals surface area contributed by atoms with Crippen molar-refractivity contribution in [1.82, 2.24) is 9.80 Å². The highest BCUT2D eigenvalue weighted by Crippen LogP contribution is 2.71. The smallest absolute Gasteiger partial charge is 0.338 e. The van der Waals surface area contributed by atoms with E-state index in [-0.39, 0.29) is 81.5 Å². The third-order valence-corrected chi connectivity index (χ3v) is 36.4. The molecule has 0 radical (unpaired) electrons. The van der Waals surface area contributed by atoms with Gasteiger partial charge in [0.15, 0.2) is 0 Å². The van der Waals surface area contributed by atoms with E-state index in [1.807, 2.05) is 14.1 Å². The van der Waals surface area contributed by atoms with Crippen LogP contribution >= 0.6 is 30.4 Å². The standard InChI is InChI=1S/C82H124N2O18P4/c1-55(69-27-29-71-67-25-23-63-49-65(33-37-79(63,3)73(67)35-39-81(69,71)5)101-77(87)61-45-57(51-103(89,93-9)94-10)43-58(46-61)52-104(90,95-11)96-12)21-31-75(85)83(7)41-19-17-18-20-42-84(8)76(86)32-22-56(2)70-28-30-72-68-26-24-64-50-66(34-38-80(64,4)74(68)36-40-82(70,72)6)102-78(88)62-47-59(53-105(91,97-13)98-14)44-60(48-62)54-106(92,99-15)100-16/h43-48,55-56,63-74H,21-42,49-54H2,1-16H3/t55-,56-,63-,64-,65-,66-,67+,68+,69-,70-,71+,72+,73+,74+,79+,80+,81-,82-/m1/s1. The molecule has 590 valence electrons. The lowest BCUT2D eigenvalue weighted by atomic mass is 9.44. The molecule has 0 N–H and O–H groups in total. The number of amides is 2. The van der Waals surface area contributed by atoms with Gasteiger partial charge in [0.25, 0.3) is 0 Å². The molecule has 24 heteroatoms. The highest BCUT2D eigenvalue weighted by Gasteiger charge is 2.63. The molecule has 8 aliphatic carbocycles. The molecule has 2 aromatic rings. The summed E-state index contributed by atoms with van der Waals surface area (Å²) in [5.74, 6) is 18.1. The Morgan fingerprint density at radius 1 is 0.425 bits per heavy atom. The van der Waals surface area contributed by atoms with Crippen molar-refractivity contribution in [2.45, 2.75) is 220 Å². The monoisotopic (exact) mass is 1550 g/mol. The van der Waals surface area contributed by atoms with E-state index in [0.717, 1.165) is 64.2 Å². The minimum Gasteiger partial charge on any atom is -0.459 e. The van der Waals surface area contributed by atoms with Crippen molar-refractivity contribution in [2.75, 3.05) is 84.1 Å². The summed E-state index contributed by atoms with van der Waals surface area (Å²) in [4.78, 5) is 58.7. The molecule has 0 heterocycles. The van der Waals surface area contributed by atoms with Gasteiger partial charge in [-0.2, -0.15) is 0 Å². The minimum atomic E-state index is -3.49. The first-order valence-electron chi connectivity index (χ1n) is 39.2. The Labute approximate surface area is 633 Å². The molecular formula is C82H124N2O18P4. The SMILES string of the molecule is COP(=O)(Cc1cc(CP(=O)(OC)OC)cc(C(=O)O[C@@H]2CC[C@@]3(C)[C@H](CC[C@@H]4[C@@H]3CC[C@]3(C)[C@@H]([C@H](C)CCC(=O)N(C)CC#CC#CCN(C)C(=O)CC[C@@H](C)[C@H]5CC[C@H]6[C@@H]7CC[C@@H]8C[C@H](OC(=O)c9cc(CP(=O)(OC)OC)cc(CP(=O)(OC)OC)c9)CC[C@]8(C)[C@H]7CC[C@]56C)CC[C@@H]43)C2)c1)OC. The topological polar surface area (TPSA) is 235 Å². The van der Waals surface area contributed by atoms with Gasteiger partial charge in [-0.15, -0.1) is 0 Å². The molecule has 0 saturated heterocycles. The number of ether oxygens (including phenoxy) is 2. The largest absolute Gasteiger partial charge is 0.459 e. The fraction of sp³-hybridized carbons (Fsp3) is 0.756. The molecule has 0 unspecified atom stereocenters. The average molecular weight is 1550 g/mol. The zero-order chi connectivity index (χ0) is 77.0. The number of benzene rings is 2. The highest BCUT2D eigenvalue weighted by atomic mass is 31.2. The van der Waals surface area contributed by atoms with Gasteiger partial charge in [0.2, 0.25) is 11.8 Å². The van der Waals surface area contributed by atoms with Crippen molar-refractivity contribution in [3.63, 3.8) is 0 Å². The Kier molecular flexibility index (Phi) is 27.9. The number of carbonyl (C=O) groups is 4. The maximum atomic E-state index is 14.0. The second-order valence-corrected chi connectivity index (χ2v) is 43.2. The first-order valence-corrected chi connectivity index (χ1v) is 46.1. The van der Waals surface area contributed by atoms with Gasteiger partial charge < -0.3 is 55.5 Å². The van der Waals surface area contributed by atoms with Crippen LogP contribution in [0, 0.1) is 116 Å². The summed E-state index contributed by atoms with van der Waals surface area (Å²) in [5, 5.41) is 0. The normalized spacial score (nSPS) is 31.8. The predicted molar refractivity (Wildman–Crippen MR) is 411 cm³/mol. The number of fused-ring (bicyclic) bond motifs is 10. The van der Waals surface area contributed by atoms with E-state index in [0.29, 0.717) is 119 Å². The fourth-order valence-corrected chi connectivity index (χ4v) is 27.1. The highest BCUT2D eigenvalue weighted by molar-refractivity contribution is 7.53. The second kappa shape index (κ2) is 35.0. The van der Waals surface area contributed by atoms with Gasteiger partial charge in [-0.1, -0.05) is 65.5 Å². The maximum Gasteiger partial charge on any atom is 0.338 e. The summed E-state index contributed by atoms with van der Waals surface area (Å²) >= 11 is 0. The van der Waals surface area contributed by atoms with Crippen LogP contribution in [-0.4, -0.2) is 130 Å². The Morgan fingerprint density at radius 2 is 0.726 bits per heavy atom. The van der Waals surface area contributed by atoms with E-state index in [1.165, 1.54) is 121 Å². The van der Waals surface area contributed by atoms with E-state index in [4.69, 9.17) is 45.7 Å². The summed E-state index contributed by atoms with van der Waals surface area (Å²) in [6.45, 7) is 15.5. The van der Waals surface area contributed by atoms with Crippen molar-refractivity contribution >= 4 is 54.1 Å². The number of rotatable bonds is 30. The molecular weight excluding hydrogens is 1420 g/mol. The Bertz CT molecular complexity index is 3460. The van der Waals surface area contributed by atoms with E-state index >= 15 is 0 Å². The predicted octanol–water partition coefficient (Wildman–Crippen LogP) is 18.5. The van der Waals surface area contributed by atoms with E-state index in [2.05, 4.69) is 65.2 Å². The number of carbonyl (C=O) groups excluding carboxylic acids is 4. The second-order valence-electron chi connectivity index (χ2n) is 34.1. The fourth-order valence-electron chi connectivity index (χ4n) is 22.9. The van der Waals surface area contributed by atoms with Crippen molar-refractivity contribution in [3.8, 4) is 23.7 Å². The van der Waals surface area contributed by atoms with Gasteiger partial charge in [-0.3, -0.25) is 27.8 Å². The van der Waals surface area contributed by atoms with Gasteiger partial charge in [0.1, 0.15) is 12.2 Å². The average Bonchev–Trinajstić information content (AvgIpc) is 1.42. The van der Waals surface area contributed by atoms with E-state index in [9.17, 15) is 37.4 Å². The molecule has 10 rings (SSSR count). The molecule has 0 spiro atoms. The number of esters is 2. The lowest BCUT2D eigenvalue weighted by Gasteiger charge is -2.61. The molecule has 20 nitrogen and oxygen atoms in total. The van der Waals surface area contributed by atoms with Crippen LogP contribution in [-0.2, 0) is 98.2 Å². The first kappa shape index (κ1) is 84.5. The summed E-state index contributed by atoms with van der Waals surface area (Å²) in [6, 6.07) is 10.1. The van der Waals surface area contributed by atoms with Gasteiger partial charge in [-0.05, 0) is 279 Å². The van der Waals surface area contributed by atoms with Crippen LogP contribution in [0.5, 0.6) is 0 Å². The Balaban J connectivity index is 0.633. The van der Waals surface area contributed by atoms with Crippen LogP contribution < -0.4 is 0 Å². The Morgan fingerprint density at radius 3 is 1.04 bits per heavy atom. The van der Waals surface area contributed by atoms with Crippen molar-refractivity contribution in [3.05, 3.63) is 69.8 Å². The number of nitrogens with zero attached hydrogens (tertiary/aromatic N) is 2. The van der Waals surface area contributed by atoms with Crippen LogP contribution in [0.3, 0.4) is 0 Å². The molecule has 8 saturated carbocycles. The molecule has 0 bridgehead atoms. The number of hydrogen-bond acceptors (Lipinski definition) is 18. The van der Waals surface area contributed by atoms with Crippen LogP contribution in [0.25, 0.3) is 0 Å². The number of hydrogen-bond donors (Lipinski definition) is 0. The first-order chi connectivity index (χ1) is 50.2. The lowest BCUT2D eigenvalue weighted by molar-refractivity contribution is -0.132. The van der Waals surface area contributed by atoms with Crippen molar-refractivity contribution in [1.29, 1.82) is 0 Å². The minimum absolute atomic E-state index is 0.0828. The maximum absolute atomic E-state index is 14.0. The van der Waals surface area contributed by atoms with Crippen molar-refractivity contribution in [2.24, 2.45) is 92.7 Å². The van der Waals surface area contributed by atoms with Gasteiger partial charge in [-0.25, -0.2) is 9.59 Å². The molecule has 8 fully saturated rings. The zero-order valence-electron chi connectivity index (χ0n) is 66.4. The van der Waals surface area contributed by atoms with Crippen molar-refractivity contribution < 1.29 is 83.1 Å². The lowest BCUT2D eigenvalue weighted by Crippen LogP contribution is -2.54. The summed E-state index contributed by atoms with van der Waals surface area (Å²) in [7, 11) is 0.256. The summed E-state index contributed by atoms with van der Waals surface area (Å²) in [6.07, 6.45) is 21.4.